The highest BCUT2D eigenvalue weighted by Gasteiger charge is 2.21. The molecule has 116 valence electrons. The number of non-ortho nitro benzene ring substituents is 1. The Morgan fingerprint density at radius 1 is 1.36 bits per heavy atom. The monoisotopic (exact) mass is 303 g/mol. The molecule has 0 bridgehead atoms. The number of carboxylic acids is 1. The van der Waals surface area contributed by atoms with Gasteiger partial charge < -0.3 is 10.4 Å². The van der Waals surface area contributed by atoms with E-state index >= 15 is 0 Å². The van der Waals surface area contributed by atoms with Crippen LogP contribution in [0.25, 0.3) is 10.8 Å². The Labute approximate surface area is 127 Å². The molecule has 2 aromatic rings. The fraction of sp³-hybridized carbons (Fsp3) is 0.333. The number of pyridine rings is 1. The number of carboxylic acid groups (broad SMARTS) is 1. The van der Waals surface area contributed by atoms with Gasteiger partial charge in [0.2, 0.25) is 0 Å². The van der Waals surface area contributed by atoms with Crippen LogP contribution in [-0.4, -0.2) is 27.0 Å². The quantitative estimate of drug-likeness (QED) is 0.627. The van der Waals surface area contributed by atoms with Crippen LogP contribution >= 0.6 is 0 Å². The number of nitro groups is 1. The molecular weight excluding hydrogens is 286 g/mol. The molecule has 0 fully saturated rings. The number of aromatic nitrogens is 1. The van der Waals surface area contributed by atoms with Gasteiger partial charge in [-0.1, -0.05) is 13.8 Å². The smallest absolute Gasteiger partial charge is 0.326 e. The summed E-state index contributed by atoms with van der Waals surface area (Å²) in [5, 5.41) is 24.3. The molecule has 2 N–H and O–H groups in total. The Balaban J connectivity index is 2.46. The van der Waals surface area contributed by atoms with Gasteiger partial charge >= 0.3 is 5.97 Å². The van der Waals surface area contributed by atoms with Crippen molar-refractivity contribution in [2.45, 2.75) is 26.3 Å². The van der Waals surface area contributed by atoms with E-state index in [1.54, 1.807) is 6.07 Å². The zero-order valence-electron chi connectivity index (χ0n) is 12.3. The van der Waals surface area contributed by atoms with E-state index in [0.29, 0.717) is 22.9 Å². The highest BCUT2D eigenvalue weighted by molar-refractivity contribution is 6.00. The molecule has 0 saturated carbocycles. The SMILES string of the molecule is CC(C)C[C@@H](Nc1ccc([N+](=O)[O-])c2cnccc12)C(=O)O. The molecule has 0 radical (unpaired) electrons. The maximum Gasteiger partial charge on any atom is 0.326 e. The van der Waals surface area contributed by atoms with E-state index in [1.807, 2.05) is 13.8 Å². The summed E-state index contributed by atoms with van der Waals surface area (Å²) in [5.74, 6) is -0.742. The van der Waals surface area contributed by atoms with Crippen molar-refractivity contribution in [1.82, 2.24) is 4.98 Å². The van der Waals surface area contributed by atoms with Crippen molar-refractivity contribution in [2.75, 3.05) is 5.32 Å². The first-order valence-corrected chi connectivity index (χ1v) is 6.90. The van der Waals surface area contributed by atoms with Crippen LogP contribution in [0.5, 0.6) is 0 Å². The molecule has 0 aliphatic rings. The lowest BCUT2D eigenvalue weighted by Crippen LogP contribution is -2.30. The molecule has 1 aromatic heterocycles. The Hall–Kier alpha value is -2.70. The van der Waals surface area contributed by atoms with Gasteiger partial charge in [-0.3, -0.25) is 15.1 Å². The van der Waals surface area contributed by atoms with Crippen LogP contribution in [0.4, 0.5) is 11.4 Å². The molecule has 22 heavy (non-hydrogen) atoms. The van der Waals surface area contributed by atoms with Crippen molar-refractivity contribution in [3.8, 4) is 0 Å². The summed E-state index contributed by atoms with van der Waals surface area (Å²) in [7, 11) is 0. The first-order valence-electron chi connectivity index (χ1n) is 6.90. The molecule has 0 saturated heterocycles. The van der Waals surface area contributed by atoms with E-state index in [9.17, 15) is 20.0 Å². The second-order valence-corrected chi connectivity index (χ2v) is 5.48. The van der Waals surface area contributed by atoms with Crippen LogP contribution in [0.15, 0.2) is 30.6 Å². The summed E-state index contributed by atoms with van der Waals surface area (Å²) in [5.41, 5.74) is 0.500. The molecule has 0 amide bonds. The van der Waals surface area contributed by atoms with Gasteiger partial charge in [-0.25, -0.2) is 4.79 Å². The number of aliphatic carboxylic acids is 1. The summed E-state index contributed by atoms with van der Waals surface area (Å²) < 4.78 is 0. The molecular formula is C15H17N3O4. The Kier molecular flexibility index (Phi) is 4.55. The van der Waals surface area contributed by atoms with E-state index in [4.69, 9.17) is 0 Å². The summed E-state index contributed by atoms with van der Waals surface area (Å²) >= 11 is 0. The molecule has 1 heterocycles. The average molecular weight is 303 g/mol. The fourth-order valence-corrected chi connectivity index (χ4v) is 2.34. The minimum atomic E-state index is -0.950. The van der Waals surface area contributed by atoms with Crippen LogP contribution in [-0.2, 0) is 4.79 Å². The van der Waals surface area contributed by atoms with Crippen molar-refractivity contribution in [3.05, 3.63) is 40.7 Å². The van der Waals surface area contributed by atoms with Gasteiger partial charge in [0.25, 0.3) is 5.69 Å². The first kappa shape index (κ1) is 15.7. The van der Waals surface area contributed by atoms with Crippen LogP contribution in [0.2, 0.25) is 0 Å². The van der Waals surface area contributed by atoms with Crippen molar-refractivity contribution >= 4 is 28.1 Å². The minimum absolute atomic E-state index is 0.0515. The second kappa shape index (κ2) is 6.38. The van der Waals surface area contributed by atoms with Gasteiger partial charge in [-0.15, -0.1) is 0 Å². The Morgan fingerprint density at radius 2 is 2.09 bits per heavy atom. The third-order valence-electron chi connectivity index (χ3n) is 3.33. The Morgan fingerprint density at radius 3 is 2.68 bits per heavy atom. The third-order valence-corrected chi connectivity index (χ3v) is 3.33. The first-order chi connectivity index (χ1) is 10.4. The van der Waals surface area contributed by atoms with E-state index in [0.717, 1.165) is 0 Å². The van der Waals surface area contributed by atoms with Gasteiger partial charge in [0, 0.05) is 29.5 Å². The second-order valence-electron chi connectivity index (χ2n) is 5.48. The van der Waals surface area contributed by atoms with Crippen LogP contribution in [0.1, 0.15) is 20.3 Å². The molecule has 2 rings (SSSR count). The number of benzene rings is 1. The van der Waals surface area contributed by atoms with E-state index in [-0.39, 0.29) is 11.6 Å². The van der Waals surface area contributed by atoms with Crippen LogP contribution in [0, 0.1) is 16.0 Å². The number of nitrogens with zero attached hydrogens (tertiary/aromatic N) is 2. The highest BCUT2D eigenvalue weighted by atomic mass is 16.6. The normalized spacial score (nSPS) is 12.3. The maximum absolute atomic E-state index is 11.4. The standard InChI is InChI=1S/C15H17N3O4/c1-9(2)7-13(15(19)20)17-12-3-4-14(18(21)22)11-8-16-6-5-10(11)12/h3-6,8-9,13,17H,7H2,1-2H3,(H,19,20)/t13-/m1/s1. The number of nitro benzene ring substituents is 1. The largest absolute Gasteiger partial charge is 0.480 e. The van der Waals surface area contributed by atoms with E-state index < -0.39 is 16.9 Å². The number of carbonyl (C=O) groups is 1. The van der Waals surface area contributed by atoms with Gasteiger partial charge in [-0.2, -0.15) is 0 Å². The molecule has 0 aliphatic heterocycles. The Bertz CT molecular complexity index is 715. The lowest BCUT2D eigenvalue weighted by atomic mass is 10.0. The molecule has 7 nitrogen and oxygen atoms in total. The number of hydrogen-bond acceptors (Lipinski definition) is 5. The van der Waals surface area contributed by atoms with E-state index in [2.05, 4.69) is 10.3 Å². The molecule has 1 atom stereocenters. The lowest BCUT2D eigenvalue weighted by Gasteiger charge is -2.18. The average Bonchev–Trinajstić information content (AvgIpc) is 2.45. The van der Waals surface area contributed by atoms with Crippen LogP contribution in [0.3, 0.4) is 0 Å². The minimum Gasteiger partial charge on any atom is -0.480 e. The number of anilines is 1. The van der Waals surface area contributed by atoms with Crippen molar-refractivity contribution in [3.63, 3.8) is 0 Å². The van der Waals surface area contributed by atoms with Crippen molar-refractivity contribution in [1.29, 1.82) is 0 Å². The fourth-order valence-electron chi connectivity index (χ4n) is 2.34. The van der Waals surface area contributed by atoms with Gasteiger partial charge in [-0.05, 0) is 24.5 Å². The van der Waals surface area contributed by atoms with Gasteiger partial charge in [0.15, 0.2) is 0 Å². The predicted molar refractivity (Wildman–Crippen MR) is 82.9 cm³/mol. The van der Waals surface area contributed by atoms with Crippen molar-refractivity contribution < 1.29 is 14.8 Å². The maximum atomic E-state index is 11.4. The summed E-state index contributed by atoms with van der Waals surface area (Å²) in [6.07, 6.45) is 3.39. The topological polar surface area (TPSA) is 105 Å². The van der Waals surface area contributed by atoms with Gasteiger partial charge in [0.1, 0.15) is 6.04 Å². The number of fused-ring (bicyclic) bond motifs is 1. The van der Waals surface area contributed by atoms with Crippen molar-refractivity contribution in [2.24, 2.45) is 5.92 Å². The molecule has 0 aliphatic carbocycles. The van der Waals surface area contributed by atoms with Crippen LogP contribution < -0.4 is 5.32 Å². The third kappa shape index (κ3) is 3.30. The molecule has 0 spiro atoms. The summed E-state index contributed by atoms with van der Waals surface area (Å²) in [4.78, 5) is 25.9. The number of hydrogen-bond donors (Lipinski definition) is 2. The molecule has 1 aromatic carbocycles. The molecule has 0 unspecified atom stereocenters. The van der Waals surface area contributed by atoms with Gasteiger partial charge in [0.05, 0.1) is 10.3 Å². The zero-order valence-corrected chi connectivity index (χ0v) is 12.3. The zero-order chi connectivity index (χ0) is 16.3. The number of rotatable bonds is 6. The van der Waals surface area contributed by atoms with E-state index in [1.165, 1.54) is 24.5 Å². The summed E-state index contributed by atoms with van der Waals surface area (Å²) in [6.45, 7) is 3.88. The number of nitrogens with one attached hydrogen (secondary N) is 1. The molecule has 7 heteroatoms. The lowest BCUT2D eigenvalue weighted by molar-refractivity contribution is -0.383. The predicted octanol–water partition coefficient (Wildman–Crippen LogP) is 3.05. The summed E-state index contributed by atoms with van der Waals surface area (Å²) in [6, 6.07) is 3.79. The highest BCUT2D eigenvalue weighted by Crippen LogP contribution is 2.31.